The number of likely N-dealkylation sites (tertiary alicyclic amines) is 1. The van der Waals surface area contributed by atoms with Crippen molar-refractivity contribution in [1.29, 1.82) is 0 Å². The molecule has 1 saturated heterocycles. The van der Waals surface area contributed by atoms with Crippen LogP contribution < -0.4 is 0 Å². The van der Waals surface area contributed by atoms with Gasteiger partial charge in [0.15, 0.2) is 0 Å². The summed E-state index contributed by atoms with van der Waals surface area (Å²) in [6, 6.07) is 3.04. The summed E-state index contributed by atoms with van der Waals surface area (Å²) in [4.78, 5) is 1.86. The van der Waals surface area contributed by atoms with E-state index in [1.807, 2.05) is 4.90 Å². The molecule has 3 heteroatoms. The Morgan fingerprint density at radius 3 is 2.93 bits per heavy atom. The predicted octanol–water partition coefficient (Wildman–Crippen LogP) is 0.565. The topological polar surface area (TPSA) is 43.7 Å². The Balaban J connectivity index is 2.37. The molecule has 0 aromatic heterocycles. The Kier molecular flexibility index (Phi) is 4.78. The molecule has 2 atom stereocenters. The Morgan fingerprint density at radius 2 is 2.29 bits per heavy atom. The van der Waals surface area contributed by atoms with Crippen molar-refractivity contribution in [3.05, 3.63) is 0 Å². The van der Waals surface area contributed by atoms with E-state index in [-0.39, 0.29) is 18.8 Å². The zero-order valence-corrected chi connectivity index (χ0v) is 8.74. The van der Waals surface area contributed by atoms with E-state index in [4.69, 9.17) is 5.11 Å². The fourth-order valence-corrected chi connectivity index (χ4v) is 1.62. The number of hydrogen-bond donors (Lipinski definition) is 2. The van der Waals surface area contributed by atoms with Crippen LogP contribution in [0.15, 0.2) is 0 Å². The van der Waals surface area contributed by atoms with Gasteiger partial charge in [-0.1, -0.05) is 19.3 Å². The molecule has 80 valence electrons. The van der Waals surface area contributed by atoms with Crippen molar-refractivity contribution in [3.63, 3.8) is 0 Å². The molecule has 14 heavy (non-hydrogen) atoms. The van der Waals surface area contributed by atoms with E-state index in [0.29, 0.717) is 13.0 Å². The average molecular weight is 197 g/mol. The summed E-state index contributed by atoms with van der Waals surface area (Å²) < 4.78 is 0. The monoisotopic (exact) mass is 197 g/mol. The summed E-state index contributed by atoms with van der Waals surface area (Å²) in [7, 11) is 0. The molecule has 1 aliphatic rings. The third-order valence-corrected chi connectivity index (χ3v) is 2.48. The van der Waals surface area contributed by atoms with E-state index < -0.39 is 0 Å². The van der Waals surface area contributed by atoms with Gasteiger partial charge in [-0.25, -0.2) is 0 Å². The minimum atomic E-state index is -0.326. The normalized spacial score (nSPS) is 26.1. The molecule has 0 aromatic carbocycles. The SMILES string of the molecule is CCCCC#CN1CC(O)C[C@H]1CO. The average Bonchev–Trinajstić information content (AvgIpc) is 2.54. The van der Waals surface area contributed by atoms with Gasteiger partial charge in [-0.3, -0.25) is 0 Å². The first-order valence-electron chi connectivity index (χ1n) is 5.32. The van der Waals surface area contributed by atoms with Crippen LogP contribution >= 0.6 is 0 Å². The van der Waals surface area contributed by atoms with Crippen molar-refractivity contribution in [2.45, 2.75) is 44.8 Å². The second-order valence-corrected chi connectivity index (χ2v) is 3.77. The van der Waals surface area contributed by atoms with E-state index in [1.165, 1.54) is 0 Å². The molecule has 1 rings (SSSR count). The molecule has 0 aromatic rings. The van der Waals surface area contributed by atoms with E-state index >= 15 is 0 Å². The minimum absolute atomic E-state index is 0.0270. The van der Waals surface area contributed by atoms with Crippen LogP contribution in [0, 0.1) is 12.0 Å². The number of aliphatic hydroxyl groups excluding tert-OH is 2. The molecule has 0 amide bonds. The molecule has 1 unspecified atom stereocenters. The summed E-state index contributed by atoms with van der Waals surface area (Å²) in [6.07, 6.45) is 3.49. The van der Waals surface area contributed by atoms with Crippen molar-refractivity contribution in [3.8, 4) is 12.0 Å². The fraction of sp³-hybridized carbons (Fsp3) is 0.818. The highest BCUT2D eigenvalue weighted by atomic mass is 16.3. The van der Waals surface area contributed by atoms with Gasteiger partial charge in [-0.2, -0.15) is 0 Å². The smallest absolute Gasteiger partial charge is 0.0743 e. The van der Waals surface area contributed by atoms with Crippen LogP contribution in [0.4, 0.5) is 0 Å². The molecule has 1 aliphatic heterocycles. The van der Waals surface area contributed by atoms with Gasteiger partial charge in [0.05, 0.1) is 25.3 Å². The molecule has 1 fully saturated rings. The standard InChI is InChI=1S/C11H19NO2/c1-2-3-4-5-6-12-8-11(14)7-10(12)9-13/h10-11,13-14H,2-4,7-9H2,1H3/t10-,11?/m0/s1. The molecular weight excluding hydrogens is 178 g/mol. The zero-order chi connectivity index (χ0) is 10.4. The number of rotatable bonds is 3. The molecule has 2 N–H and O–H groups in total. The summed E-state index contributed by atoms with van der Waals surface area (Å²) >= 11 is 0. The lowest BCUT2D eigenvalue weighted by atomic mass is 10.2. The number of hydrogen-bond acceptors (Lipinski definition) is 3. The van der Waals surface area contributed by atoms with Crippen LogP contribution in [-0.2, 0) is 0 Å². The molecule has 3 nitrogen and oxygen atoms in total. The Morgan fingerprint density at radius 1 is 1.50 bits per heavy atom. The summed E-state index contributed by atoms with van der Waals surface area (Å²) in [5, 5.41) is 18.4. The van der Waals surface area contributed by atoms with Crippen LogP contribution in [0.1, 0.15) is 32.6 Å². The first-order valence-corrected chi connectivity index (χ1v) is 5.32. The maximum absolute atomic E-state index is 9.38. The van der Waals surface area contributed by atoms with Crippen LogP contribution in [0.25, 0.3) is 0 Å². The number of β-amino-alcohol motifs (C(OH)–C–C–N with tert-alkyl or cyclic N) is 1. The van der Waals surface area contributed by atoms with E-state index in [9.17, 15) is 5.11 Å². The van der Waals surface area contributed by atoms with Crippen molar-refractivity contribution >= 4 is 0 Å². The first-order chi connectivity index (χ1) is 6.77. The molecule has 0 bridgehead atoms. The highest BCUT2D eigenvalue weighted by Crippen LogP contribution is 2.15. The highest BCUT2D eigenvalue weighted by Gasteiger charge is 2.28. The van der Waals surface area contributed by atoms with E-state index in [0.717, 1.165) is 19.3 Å². The number of aliphatic hydroxyl groups is 2. The second-order valence-electron chi connectivity index (χ2n) is 3.77. The third kappa shape index (κ3) is 3.21. The van der Waals surface area contributed by atoms with Crippen LogP contribution in [0.5, 0.6) is 0 Å². The van der Waals surface area contributed by atoms with Gasteiger partial charge in [-0.05, 0) is 12.8 Å². The minimum Gasteiger partial charge on any atom is -0.394 e. The van der Waals surface area contributed by atoms with Crippen molar-refractivity contribution in [1.82, 2.24) is 4.90 Å². The van der Waals surface area contributed by atoms with Gasteiger partial charge in [-0.15, -0.1) is 0 Å². The molecule has 1 heterocycles. The van der Waals surface area contributed by atoms with Crippen LogP contribution in [-0.4, -0.2) is 40.4 Å². The summed E-state index contributed by atoms with van der Waals surface area (Å²) in [5.74, 6) is 3.07. The van der Waals surface area contributed by atoms with E-state index in [2.05, 4.69) is 18.9 Å². The van der Waals surface area contributed by atoms with Gasteiger partial charge < -0.3 is 15.1 Å². The fourth-order valence-electron chi connectivity index (χ4n) is 1.62. The van der Waals surface area contributed by atoms with Gasteiger partial charge in [0.2, 0.25) is 0 Å². The summed E-state index contributed by atoms with van der Waals surface area (Å²) in [5.41, 5.74) is 0. The maximum atomic E-state index is 9.38. The van der Waals surface area contributed by atoms with Crippen LogP contribution in [0.2, 0.25) is 0 Å². The lowest BCUT2D eigenvalue weighted by molar-refractivity contribution is 0.184. The van der Waals surface area contributed by atoms with Crippen LogP contribution in [0.3, 0.4) is 0 Å². The first kappa shape index (κ1) is 11.4. The van der Waals surface area contributed by atoms with Crippen molar-refractivity contribution in [2.75, 3.05) is 13.2 Å². The molecule has 0 radical (unpaired) electrons. The maximum Gasteiger partial charge on any atom is 0.0743 e. The lowest BCUT2D eigenvalue weighted by Gasteiger charge is -2.16. The molecular formula is C11H19NO2. The van der Waals surface area contributed by atoms with Gasteiger partial charge in [0.1, 0.15) is 0 Å². The van der Waals surface area contributed by atoms with Crippen molar-refractivity contribution in [2.24, 2.45) is 0 Å². The summed E-state index contributed by atoms with van der Waals surface area (Å²) in [6.45, 7) is 2.79. The largest absolute Gasteiger partial charge is 0.394 e. The van der Waals surface area contributed by atoms with Crippen molar-refractivity contribution < 1.29 is 10.2 Å². The van der Waals surface area contributed by atoms with Gasteiger partial charge in [0, 0.05) is 12.5 Å². The highest BCUT2D eigenvalue weighted by molar-refractivity contribution is 5.04. The van der Waals surface area contributed by atoms with E-state index in [1.54, 1.807) is 0 Å². The lowest BCUT2D eigenvalue weighted by Crippen LogP contribution is -2.27. The Hall–Kier alpha value is -0.720. The Bertz CT molecular complexity index is 219. The second kappa shape index (κ2) is 5.90. The molecule has 0 spiro atoms. The van der Waals surface area contributed by atoms with Gasteiger partial charge in [0.25, 0.3) is 0 Å². The Labute approximate surface area is 85.7 Å². The quantitative estimate of drug-likeness (QED) is 0.513. The molecule has 0 aliphatic carbocycles. The van der Waals surface area contributed by atoms with Gasteiger partial charge >= 0.3 is 0 Å². The number of nitrogens with zero attached hydrogens (tertiary/aromatic N) is 1. The molecule has 0 saturated carbocycles. The number of unbranched alkanes of at least 4 members (excludes halogenated alkanes) is 2. The zero-order valence-electron chi connectivity index (χ0n) is 8.74. The predicted molar refractivity (Wildman–Crippen MR) is 55.5 cm³/mol. The third-order valence-electron chi connectivity index (χ3n) is 2.48.